The first-order chi connectivity index (χ1) is 8.79. The third-order valence-electron chi connectivity index (χ3n) is 3.16. The number of nitrogens with one attached hydrogen (secondary N) is 1. The Labute approximate surface area is 114 Å². The Morgan fingerprint density at radius 3 is 2.47 bits per heavy atom. The fourth-order valence-electron chi connectivity index (χ4n) is 2.15. The molecule has 0 saturated heterocycles. The van der Waals surface area contributed by atoms with Crippen molar-refractivity contribution >= 4 is 0 Å². The van der Waals surface area contributed by atoms with Gasteiger partial charge in [-0.2, -0.15) is 5.10 Å². The van der Waals surface area contributed by atoms with Crippen molar-refractivity contribution in [3.8, 4) is 5.82 Å². The topological polar surface area (TPSA) is 47.7 Å². The van der Waals surface area contributed by atoms with E-state index in [2.05, 4.69) is 47.7 Å². The standard InChI is InChI=1S/C14H23N5/c1-10-12(9-16-14(3,4)5)13(18(6)17-10)19-8-7-15-11(19)2/h7-8,16H,9H2,1-6H3. The molecule has 0 unspecified atom stereocenters. The second-order valence-corrected chi connectivity index (χ2v) is 5.96. The van der Waals surface area contributed by atoms with Crippen LogP contribution in [0.4, 0.5) is 0 Å². The lowest BCUT2D eigenvalue weighted by atomic mass is 10.1. The van der Waals surface area contributed by atoms with Crippen molar-refractivity contribution in [1.82, 2.24) is 24.6 Å². The van der Waals surface area contributed by atoms with Gasteiger partial charge in [-0.3, -0.25) is 9.25 Å². The fourth-order valence-corrected chi connectivity index (χ4v) is 2.15. The second kappa shape index (κ2) is 4.81. The summed E-state index contributed by atoms with van der Waals surface area (Å²) in [6.45, 7) is 11.4. The summed E-state index contributed by atoms with van der Waals surface area (Å²) >= 11 is 0. The molecule has 104 valence electrons. The number of aromatic nitrogens is 4. The van der Waals surface area contributed by atoms with Crippen molar-refractivity contribution in [3.63, 3.8) is 0 Å². The molecule has 0 saturated carbocycles. The highest BCUT2D eigenvalue weighted by Gasteiger charge is 2.18. The molecule has 2 aromatic rings. The van der Waals surface area contributed by atoms with Gasteiger partial charge in [-0.15, -0.1) is 0 Å². The van der Waals surface area contributed by atoms with E-state index in [0.717, 1.165) is 23.9 Å². The van der Waals surface area contributed by atoms with E-state index in [1.54, 1.807) is 0 Å². The second-order valence-electron chi connectivity index (χ2n) is 5.96. The molecule has 0 fully saturated rings. The van der Waals surface area contributed by atoms with Crippen LogP contribution in [0, 0.1) is 13.8 Å². The predicted molar refractivity (Wildman–Crippen MR) is 76.4 cm³/mol. The van der Waals surface area contributed by atoms with E-state index in [9.17, 15) is 0 Å². The molecule has 5 nitrogen and oxygen atoms in total. The van der Waals surface area contributed by atoms with Crippen LogP contribution in [0.1, 0.15) is 37.9 Å². The first-order valence-electron chi connectivity index (χ1n) is 6.57. The van der Waals surface area contributed by atoms with Crippen LogP contribution in [-0.4, -0.2) is 24.9 Å². The lowest BCUT2D eigenvalue weighted by molar-refractivity contribution is 0.423. The van der Waals surface area contributed by atoms with Crippen molar-refractivity contribution in [3.05, 3.63) is 29.5 Å². The first kappa shape index (κ1) is 13.8. The van der Waals surface area contributed by atoms with Crippen molar-refractivity contribution < 1.29 is 0 Å². The Morgan fingerprint density at radius 1 is 1.26 bits per heavy atom. The first-order valence-corrected chi connectivity index (χ1v) is 6.57. The predicted octanol–water partition coefficient (Wildman–Crippen LogP) is 2.11. The van der Waals surface area contributed by atoms with Crippen molar-refractivity contribution in [2.75, 3.05) is 0 Å². The molecule has 0 radical (unpaired) electrons. The maximum atomic E-state index is 4.54. The van der Waals surface area contributed by atoms with Crippen LogP contribution in [0.25, 0.3) is 5.82 Å². The quantitative estimate of drug-likeness (QED) is 0.920. The van der Waals surface area contributed by atoms with Crippen LogP contribution >= 0.6 is 0 Å². The minimum atomic E-state index is 0.0868. The maximum absolute atomic E-state index is 4.54. The number of imidazole rings is 1. The minimum absolute atomic E-state index is 0.0868. The van der Waals surface area contributed by atoms with E-state index in [4.69, 9.17) is 0 Å². The summed E-state index contributed by atoms with van der Waals surface area (Å²) in [4.78, 5) is 4.29. The van der Waals surface area contributed by atoms with Gasteiger partial charge in [0, 0.05) is 37.1 Å². The lowest BCUT2D eigenvalue weighted by Crippen LogP contribution is -2.35. The van der Waals surface area contributed by atoms with Gasteiger partial charge in [-0.05, 0) is 34.6 Å². The zero-order valence-corrected chi connectivity index (χ0v) is 12.7. The summed E-state index contributed by atoms with van der Waals surface area (Å²) in [6, 6.07) is 0. The Balaban J connectivity index is 2.41. The summed E-state index contributed by atoms with van der Waals surface area (Å²) in [7, 11) is 1.97. The van der Waals surface area contributed by atoms with Gasteiger partial charge in [0.05, 0.1) is 5.69 Å². The number of rotatable bonds is 3. The van der Waals surface area contributed by atoms with Crippen LogP contribution in [0.3, 0.4) is 0 Å². The molecule has 0 aromatic carbocycles. The lowest BCUT2D eigenvalue weighted by Gasteiger charge is -2.21. The van der Waals surface area contributed by atoms with Gasteiger partial charge < -0.3 is 5.32 Å². The highest BCUT2D eigenvalue weighted by molar-refractivity contribution is 5.39. The maximum Gasteiger partial charge on any atom is 0.140 e. The fraction of sp³-hybridized carbons (Fsp3) is 0.571. The Hall–Kier alpha value is -1.62. The van der Waals surface area contributed by atoms with Gasteiger partial charge in [0.15, 0.2) is 0 Å². The summed E-state index contributed by atoms with van der Waals surface area (Å²) in [5.41, 5.74) is 2.37. The van der Waals surface area contributed by atoms with E-state index in [1.165, 1.54) is 5.56 Å². The van der Waals surface area contributed by atoms with E-state index in [1.807, 2.05) is 31.0 Å². The molecule has 2 heterocycles. The third-order valence-corrected chi connectivity index (χ3v) is 3.16. The molecular formula is C14H23N5. The van der Waals surface area contributed by atoms with Gasteiger partial charge >= 0.3 is 0 Å². The smallest absolute Gasteiger partial charge is 0.140 e. The van der Waals surface area contributed by atoms with Crippen molar-refractivity contribution in [1.29, 1.82) is 0 Å². The van der Waals surface area contributed by atoms with E-state index in [-0.39, 0.29) is 5.54 Å². The van der Waals surface area contributed by atoms with Crippen molar-refractivity contribution in [2.45, 2.75) is 46.7 Å². The number of hydrogen-bond acceptors (Lipinski definition) is 3. The summed E-state index contributed by atoms with van der Waals surface area (Å²) < 4.78 is 4.00. The SMILES string of the molecule is Cc1nn(C)c(-n2ccnc2C)c1CNC(C)(C)C. The monoisotopic (exact) mass is 261 g/mol. The molecule has 5 heteroatoms. The van der Waals surface area contributed by atoms with Gasteiger partial charge in [0.25, 0.3) is 0 Å². The van der Waals surface area contributed by atoms with Crippen LogP contribution < -0.4 is 5.32 Å². The van der Waals surface area contributed by atoms with Gasteiger partial charge in [-0.25, -0.2) is 4.98 Å². The van der Waals surface area contributed by atoms with Gasteiger partial charge in [0.2, 0.25) is 0 Å². The van der Waals surface area contributed by atoms with Gasteiger partial charge in [-0.1, -0.05) is 0 Å². The molecule has 0 spiro atoms. The molecule has 2 aromatic heterocycles. The molecular weight excluding hydrogens is 238 g/mol. The minimum Gasteiger partial charge on any atom is -0.308 e. The molecule has 0 aliphatic carbocycles. The van der Waals surface area contributed by atoms with Crippen LogP contribution in [-0.2, 0) is 13.6 Å². The normalized spacial score (nSPS) is 12.1. The number of aryl methyl sites for hydroxylation is 3. The zero-order valence-electron chi connectivity index (χ0n) is 12.7. The summed E-state index contributed by atoms with van der Waals surface area (Å²) in [5, 5.41) is 8.06. The van der Waals surface area contributed by atoms with Crippen LogP contribution in [0.15, 0.2) is 12.4 Å². The molecule has 0 aliphatic rings. The van der Waals surface area contributed by atoms with Crippen LogP contribution in [0.5, 0.6) is 0 Å². The van der Waals surface area contributed by atoms with Crippen LogP contribution in [0.2, 0.25) is 0 Å². The number of nitrogens with zero attached hydrogens (tertiary/aromatic N) is 4. The molecule has 1 N–H and O–H groups in total. The van der Waals surface area contributed by atoms with E-state index >= 15 is 0 Å². The van der Waals surface area contributed by atoms with E-state index < -0.39 is 0 Å². The molecule has 0 amide bonds. The highest BCUT2D eigenvalue weighted by atomic mass is 15.3. The Bertz CT molecular complexity index is 571. The third kappa shape index (κ3) is 2.87. The van der Waals surface area contributed by atoms with Crippen molar-refractivity contribution in [2.24, 2.45) is 7.05 Å². The average molecular weight is 261 g/mol. The molecule has 0 atom stereocenters. The molecule has 0 aliphatic heterocycles. The highest BCUT2D eigenvalue weighted by Crippen LogP contribution is 2.19. The molecule has 0 bridgehead atoms. The molecule has 19 heavy (non-hydrogen) atoms. The molecule has 2 rings (SSSR count). The zero-order chi connectivity index (χ0) is 14.2. The average Bonchev–Trinajstić information content (AvgIpc) is 2.78. The largest absolute Gasteiger partial charge is 0.308 e. The summed E-state index contributed by atoms with van der Waals surface area (Å²) in [5.74, 6) is 2.06. The summed E-state index contributed by atoms with van der Waals surface area (Å²) in [6.07, 6.45) is 3.80. The van der Waals surface area contributed by atoms with Gasteiger partial charge in [0.1, 0.15) is 11.6 Å². The Kier molecular flexibility index (Phi) is 3.49. The van der Waals surface area contributed by atoms with E-state index in [0.29, 0.717) is 0 Å². The number of hydrogen-bond donors (Lipinski definition) is 1. The Morgan fingerprint density at radius 2 is 1.95 bits per heavy atom.